The molecule has 1 heterocycles. The van der Waals surface area contributed by atoms with E-state index in [9.17, 15) is 0 Å². The van der Waals surface area contributed by atoms with Crippen molar-refractivity contribution in [2.24, 2.45) is 10.8 Å². The fraction of sp³-hybridized carbons (Fsp3) is 0.750. The van der Waals surface area contributed by atoms with Gasteiger partial charge < -0.3 is 5.32 Å². The number of nitrogens with zero attached hydrogens (tertiary/aromatic N) is 2. The van der Waals surface area contributed by atoms with Crippen LogP contribution in [0.2, 0.25) is 0 Å². The van der Waals surface area contributed by atoms with E-state index >= 15 is 0 Å². The molecule has 0 saturated heterocycles. The molecule has 84 valence electrons. The van der Waals surface area contributed by atoms with Gasteiger partial charge in [-0.15, -0.1) is 0 Å². The summed E-state index contributed by atoms with van der Waals surface area (Å²) in [6, 6.07) is 2.60. The quantitative estimate of drug-likeness (QED) is 0.817. The van der Waals surface area contributed by atoms with E-state index in [2.05, 4.69) is 38.1 Å². The third kappa shape index (κ3) is 1.69. The molecule has 0 spiro atoms. The van der Waals surface area contributed by atoms with Crippen LogP contribution in [-0.4, -0.2) is 22.4 Å². The first-order valence-electron chi connectivity index (χ1n) is 5.67. The first-order chi connectivity index (χ1) is 6.96. The SMILES string of the molecule is CC1(C)C(NCCn2cccn2)C1(C)C. The molecule has 1 saturated carbocycles. The smallest absolute Gasteiger partial charge is 0.0534 e. The number of aromatic nitrogens is 2. The van der Waals surface area contributed by atoms with Gasteiger partial charge in [-0.3, -0.25) is 4.68 Å². The monoisotopic (exact) mass is 207 g/mol. The van der Waals surface area contributed by atoms with Gasteiger partial charge in [0.05, 0.1) is 6.54 Å². The zero-order chi connectivity index (χ0) is 11.1. The van der Waals surface area contributed by atoms with Gasteiger partial charge in [-0.1, -0.05) is 27.7 Å². The second-order valence-corrected chi connectivity index (χ2v) is 5.60. The Morgan fingerprint density at radius 2 is 1.93 bits per heavy atom. The van der Waals surface area contributed by atoms with Gasteiger partial charge in [0.1, 0.15) is 0 Å². The molecule has 0 radical (unpaired) electrons. The molecule has 1 aromatic rings. The summed E-state index contributed by atoms with van der Waals surface area (Å²) in [6.07, 6.45) is 3.83. The van der Waals surface area contributed by atoms with Crippen LogP contribution < -0.4 is 5.32 Å². The summed E-state index contributed by atoms with van der Waals surface area (Å²) in [5.74, 6) is 0. The van der Waals surface area contributed by atoms with Crippen molar-refractivity contribution in [3.63, 3.8) is 0 Å². The topological polar surface area (TPSA) is 29.9 Å². The van der Waals surface area contributed by atoms with Gasteiger partial charge >= 0.3 is 0 Å². The fourth-order valence-corrected chi connectivity index (χ4v) is 2.46. The minimum atomic E-state index is 0.428. The molecule has 1 N–H and O–H groups in total. The number of nitrogens with one attached hydrogen (secondary N) is 1. The Kier molecular flexibility index (Phi) is 2.38. The van der Waals surface area contributed by atoms with Crippen LogP contribution in [0.25, 0.3) is 0 Å². The lowest BCUT2D eigenvalue weighted by Crippen LogP contribution is -2.26. The van der Waals surface area contributed by atoms with Crippen LogP contribution in [0.4, 0.5) is 0 Å². The van der Waals surface area contributed by atoms with Crippen LogP contribution in [-0.2, 0) is 6.54 Å². The van der Waals surface area contributed by atoms with E-state index < -0.39 is 0 Å². The molecule has 15 heavy (non-hydrogen) atoms. The van der Waals surface area contributed by atoms with Crippen LogP contribution in [0, 0.1) is 10.8 Å². The molecular formula is C12H21N3. The number of hydrogen-bond donors (Lipinski definition) is 1. The molecular weight excluding hydrogens is 186 g/mol. The first kappa shape index (κ1) is 10.7. The van der Waals surface area contributed by atoms with Crippen LogP contribution in [0.3, 0.4) is 0 Å². The Morgan fingerprint density at radius 3 is 2.40 bits per heavy atom. The normalized spacial score (nSPS) is 22.9. The predicted molar refractivity (Wildman–Crippen MR) is 61.6 cm³/mol. The van der Waals surface area contributed by atoms with Gasteiger partial charge in [0.15, 0.2) is 0 Å². The highest BCUT2D eigenvalue weighted by Crippen LogP contribution is 2.62. The van der Waals surface area contributed by atoms with E-state index in [4.69, 9.17) is 0 Å². The molecule has 0 unspecified atom stereocenters. The number of rotatable bonds is 4. The van der Waals surface area contributed by atoms with Gasteiger partial charge in [0, 0.05) is 25.0 Å². The van der Waals surface area contributed by atoms with Crippen molar-refractivity contribution < 1.29 is 0 Å². The van der Waals surface area contributed by atoms with E-state index in [0.29, 0.717) is 16.9 Å². The Labute approximate surface area is 91.9 Å². The largest absolute Gasteiger partial charge is 0.311 e. The maximum atomic E-state index is 4.18. The van der Waals surface area contributed by atoms with Crippen LogP contribution in [0.1, 0.15) is 27.7 Å². The van der Waals surface area contributed by atoms with Crippen LogP contribution in [0.15, 0.2) is 18.5 Å². The Hall–Kier alpha value is -0.830. The van der Waals surface area contributed by atoms with E-state index in [-0.39, 0.29) is 0 Å². The average molecular weight is 207 g/mol. The molecule has 0 aliphatic heterocycles. The molecule has 1 aromatic heterocycles. The van der Waals surface area contributed by atoms with E-state index in [1.807, 2.05) is 23.1 Å². The van der Waals surface area contributed by atoms with Crippen molar-refractivity contribution in [2.45, 2.75) is 40.3 Å². The van der Waals surface area contributed by atoms with Gasteiger partial charge in [-0.25, -0.2) is 0 Å². The Bertz CT molecular complexity index is 311. The minimum absolute atomic E-state index is 0.428. The summed E-state index contributed by atoms with van der Waals surface area (Å²) in [5.41, 5.74) is 0.855. The van der Waals surface area contributed by atoms with E-state index in [1.165, 1.54) is 0 Å². The van der Waals surface area contributed by atoms with Gasteiger partial charge in [0.2, 0.25) is 0 Å². The summed E-state index contributed by atoms with van der Waals surface area (Å²) in [6.45, 7) is 11.3. The molecule has 2 rings (SSSR count). The van der Waals surface area contributed by atoms with Crippen LogP contribution in [0.5, 0.6) is 0 Å². The molecule has 1 fully saturated rings. The highest BCUT2D eigenvalue weighted by molar-refractivity contribution is 5.17. The third-order valence-electron chi connectivity index (χ3n) is 4.27. The lowest BCUT2D eigenvalue weighted by Gasteiger charge is -2.06. The summed E-state index contributed by atoms with van der Waals surface area (Å²) >= 11 is 0. The number of hydrogen-bond acceptors (Lipinski definition) is 2. The zero-order valence-electron chi connectivity index (χ0n) is 10.1. The summed E-state index contributed by atoms with van der Waals surface area (Å²) < 4.78 is 1.97. The second-order valence-electron chi connectivity index (χ2n) is 5.60. The minimum Gasteiger partial charge on any atom is -0.311 e. The Morgan fingerprint density at radius 1 is 1.27 bits per heavy atom. The van der Waals surface area contributed by atoms with Crippen molar-refractivity contribution in [1.82, 2.24) is 15.1 Å². The Balaban J connectivity index is 1.77. The first-order valence-corrected chi connectivity index (χ1v) is 5.67. The van der Waals surface area contributed by atoms with Crippen molar-refractivity contribution in [1.29, 1.82) is 0 Å². The standard InChI is InChI=1S/C12H21N3/c1-11(2)10(12(11,3)4)13-7-9-15-8-5-6-14-15/h5-6,8,10,13H,7,9H2,1-4H3. The molecule has 0 atom stereocenters. The second kappa shape index (κ2) is 3.34. The van der Waals surface area contributed by atoms with Crippen molar-refractivity contribution in [3.05, 3.63) is 18.5 Å². The van der Waals surface area contributed by atoms with Crippen molar-refractivity contribution >= 4 is 0 Å². The molecule has 0 amide bonds. The average Bonchev–Trinajstić information content (AvgIpc) is 2.62. The molecule has 3 nitrogen and oxygen atoms in total. The van der Waals surface area contributed by atoms with Crippen LogP contribution >= 0.6 is 0 Å². The fourth-order valence-electron chi connectivity index (χ4n) is 2.46. The maximum absolute atomic E-state index is 4.18. The molecule has 1 aliphatic rings. The molecule has 1 aliphatic carbocycles. The van der Waals surface area contributed by atoms with Crippen molar-refractivity contribution in [2.75, 3.05) is 6.54 Å². The molecule has 3 heteroatoms. The molecule has 0 aromatic carbocycles. The zero-order valence-corrected chi connectivity index (χ0v) is 10.1. The van der Waals surface area contributed by atoms with Gasteiger partial charge in [-0.2, -0.15) is 5.10 Å². The molecule has 0 bridgehead atoms. The van der Waals surface area contributed by atoms with Gasteiger partial charge in [-0.05, 0) is 16.9 Å². The maximum Gasteiger partial charge on any atom is 0.0534 e. The lowest BCUT2D eigenvalue weighted by atomic mass is 10.0. The van der Waals surface area contributed by atoms with Crippen molar-refractivity contribution in [3.8, 4) is 0 Å². The summed E-state index contributed by atoms with van der Waals surface area (Å²) in [4.78, 5) is 0. The summed E-state index contributed by atoms with van der Waals surface area (Å²) in [5, 5.41) is 7.80. The predicted octanol–water partition coefficient (Wildman–Crippen LogP) is 1.91. The van der Waals surface area contributed by atoms with Gasteiger partial charge in [0.25, 0.3) is 0 Å². The van der Waals surface area contributed by atoms with E-state index in [1.54, 1.807) is 0 Å². The highest BCUT2D eigenvalue weighted by Gasteiger charge is 2.64. The van der Waals surface area contributed by atoms with E-state index in [0.717, 1.165) is 13.1 Å². The third-order valence-corrected chi connectivity index (χ3v) is 4.27. The summed E-state index contributed by atoms with van der Waals surface area (Å²) in [7, 11) is 0. The lowest BCUT2D eigenvalue weighted by molar-refractivity contribution is 0.457. The highest BCUT2D eigenvalue weighted by atomic mass is 15.3.